The number of carboxylic acid groups (broad SMARTS) is 1. The normalized spacial score (nSPS) is 32.2. The van der Waals surface area contributed by atoms with E-state index in [1.54, 1.807) is 0 Å². The molecule has 0 spiro atoms. The summed E-state index contributed by atoms with van der Waals surface area (Å²) in [7, 11) is 0. The minimum atomic E-state index is -0.689. The van der Waals surface area contributed by atoms with Gasteiger partial charge in [0.25, 0.3) is 0 Å². The molecule has 4 nitrogen and oxygen atoms in total. The molecule has 2 unspecified atom stereocenters. The highest BCUT2D eigenvalue weighted by atomic mass is 16.4. The maximum atomic E-state index is 11.3. The number of hydrogen-bond acceptors (Lipinski definition) is 3. The van der Waals surface area contributed by atoms with Gasteiger partial charge in [-0.2, -0.15) is 0 Å². The molecule has 1 aromatic carbocycles. The van der Waals surface area contributed by atoms with Gasteiger partial charge in [-0.25, -0.2) is 0 Å². The lowest BCUT2D eigenvalue weighted by molar-refractivity contribution is -0.140. The second-order valence-electron chi connectivity index (χ2n) is 5.90. The summed E-state index contributed by atoms with van der Waals surface area (Å²) in [6.45, 7) is 4.32. The summed E-state index contributed by atoms with van der Waals surface area (Å²) in [5.41, 5.74) is 8.12. The predicted octanol–water partition coefficient (Wildman–Crippen LogP) is 1.77. The first-order valence-electron chi connectivity index (χ1n) is 6.89. The molecular formula is C15H20N2O2. The number of carboxylic acids is 1. The van der Waals surface area contributed by atoms with Crippen molar-refractivity contribution in [2.75, 3.05) is 0 Å². The zero-order valence-corrected chi connectivity index (χ0v) is 11.3. The fraction of sp³-hybridized carbons (Fsp3) is 0.533. The van der Waals surface area contributed by atoms with E-state index in [0.29, 0.717) is 18.0 Å². The summed E-state index contributed by atoms with van der Waals surface area (Å²) in [4.78, 5) is 11.3. The number of hydrazine groups is 1. The summed E-state index contributed by atoms with van der Waals surface area (Å²) in [6.07, 6.45) is 1.53. The van der Waals surface area contributed by atoms with Crippen molar-refractivity contribution in [3.05, 3.63) is 35.4 Å². The van der Waals surface area contributed by atoms with Gasteiger partial charge in [0.05, 0.1) is 5.41 Å². The molecule has 0 aromatic heterocycles. The van der Waals surface area contributed by atoms with Gasteiger partial charge in [0.1, 0.15) is 0 Å². The van der Waals surface area contributed by atoms with E-state index in [2.05, 4.69) is 36.8 Å². The van der Waals surface area contributed by atoms with Gasteiger partial charge in [0.2, 0.25) is 0 Å². The molecule has 0 radical (unpaired) electrons. The monoisotopic (exact) mass is 260 g/mol. The van der Waals surface area contributed by atoms with Crippen LogP contribution in [0.25, 0.3) is 0 Å². The van der Waals surface area contributed by atoms with E-state index in [9.17, 15) is 9.90 Å². The Morgan fingerprint density at radius 3 is 2.11 bits per heavy atom. The van der Waals surface area contributed by atoms with Crippen LogP contribution in [-0.4, -0.2) is 23.2 Å². The number of hydrogen-bond donors (Lipinski definition) is 3. The number of benzene rings is 1. The van der Waals surface area contributed by atoms with Crippen LogP contribution in [-0.2, 0) is 10.2 Å². The molecule has 19 heavy (non-hydrogen) atoms. The fourth-order valence-electron chi connectivity index (χ4n) is 3.23. The second kappa shape index (κ2) is 4.32. The Hall–Kier alpha value is -1.39. The molecular weight excluding hydrogens is 240 g/mol. The smallest absolute Gasteiger partial charge is 0.314 e. The van der Waals surface area contributed by atoms with Gasteiger partial charge in [-0.3, -0.25) is 15.6 Å². The van der Waals surface area contributed by atoms with Gasteiger partial charge in [-0.15, -0.1) is 0 Å². The Kier molecular flexibility index (Phi) is 2.87. The molecule has 3 rings (SSSR count). The summed E-state index contributed by atoms with van der Waals surface area (Å²) in [6, 6.07) is 8.93. The van der Waals surface area contributed by atoms with Gasteiger partial charge in [0.15, 0.2) is 0 Å². The molecule has 1 aliphatic heterocycles. The van der Waals surface area contributed by atoms with Crippen molar-refractivity contribution < 1.29 is 9.90 Å². The lowest BCUT2D eigenvalue weighted by atomic mass is 9.86. The van der Waals surface area contributed by atoms with E-state index < -0.39 is 11.4 Å². The Balaban J connectivity index is 1.85. The molecule has 2 atom stereocenters. The van der Waals surface area contributed by atoms with E-state index >= 15 is 0 Å². The van der Waals surface area contributed by atoms with Crippen molar-refractivity contribution in [3.63, 3.8) is 0 Å². The molecule has 1 aromatic rings. The van der Waals surface area contributed by atoms with Crippen LogP contribution in [0.1, 0.15) is 43.7 Å². The average molecular weight is 260 g/mol. The zero-order valence-electron chi connectivity index (χ0n) is 11.3. The molecule has 1 aliphatic carbocycles. The van der Waals surface area contributed by atoms with Crippen molar-refractivity contribution >= 4 is 5.97 Å². The number of aliphatic carboxylic acids is 1. The molecule has 2 fully saturated rings. The standard InChI is InChI=1S/C15H20N2O2/c1-9-13(10(2)17-16-9)11-3-5-12(6-4-11)15(7-8-15)14(18)19/h3-6,9-10,13,16-17H,7-8H2,1-2H3,(H,18,19). The van der Waals surface area contributed by atoms with Gasteiger partial charge in [0, 0.05) is 18.0 Å². The van der Waals surface area contributed by atoms with Crippen molar-refractivity contribution in [3.8, 4) is 0 Å². The molecule has 1 heterocycles. The highest BCUT2D eigenvalue weighted by Gasteiger charge is 2.51. The zero-order chi connectivity index (χ0) is 13.6. The molecule has 0 amide bonds. The van der Waals surface area contributed by atoms with E-state index in [1.165, 1.54) is 5.56 Å². The summed E-state index contributed by atoms with van der Waals surface area (Å²) < 4.78 is 0. The van der Waals surface area contributed by atoms with Crippen LogP contribution in [0.2, 0.25) is 0 Å². The van der Waals surface area contributed by atoms with Crippen molar-refractivity contribution in [1.82, 2.24) is 10.9 Å². The number of rotatable bonds is 3. The van der Waals surface area contributed by atoms with Gasteiger partial charge >= 0.3 is 5.97 Å². The second-order valence-corrected chi connectivity index (χ2v) is 5.90. The van der Waals surface area contributed by atoms with Crippen LogP contribution in [0.3, 0.4) is 0 Å². The molecule has 102 valence electrons. The summed E-state index contributed by atoms with van der Waals surface area (Å²) in [5.74, 6) is -0.264. The van der Waals surface area contributed by atoms with E-state index in [-0.39, 0.29) is 0 Å². The molecule has 2 aliphatic rings. The minimum absolute atomic E-state index is 0.384. The first kappa shape index (κ1) is 12.6. The van der Waals surface area contributed by atoms with Crippen LogP contribution in [0.4, 0.5) is 0 Å². The number of nitrogens with one attached hydrogen (secondary N) is 2. The van der Waals surface area contributed by atoms with Crippen molar-refractivity contribution in [2.24, 2.45) is 0 Å². The fourth-order valence-corrected chi connectivity index (χ4v) is 3.23. The summed E-state index contributed by atoms with van der Waals surface area (Å²) in [5, 5.41) is 9.30. The van der Waals surface area contributed by atoms with Crippen LogP contribution >= 0.6 is 0 Å². The van der Waals surface area contributed by atoms with E-state index in [0.717, 1.165) is 18.4 Å². The largest absolute Gasteiger partial charge is 0.481 e. The molecule has 1 saturated carbocycles. The third-order valence-corrected chi connectivity index (χ3v) is 4.62. The Bertz CT molecular complexity index is 483. The molecule has 1 saturated heterocycles. The first-order chi connectivity index (χ1) is 9.04. The van der Waals surface area contributed by atoms with Crippen LogP contribution in [0.5, 0.6) is 0 Å². The van der Waals surface area contributed by atoms with Crippen LogP contribution in [0, 0.1) is 0 Å². The minimum Gasteiger partial charge on any atom is -0.481 e. The van der Waals surface area contributed by atoms with Gasteiger partial charge in [-0.05, 0) is 37.8 Å². The van der Waals surface area contributed by atoms with Crippen molar-refractivity contribution in [1.29, 1.82) is 0 Å². The molecule has 3 N–H and O–H groups in total. The average Bonchev–Trinajstić information content (AvgIpc) is 3.13. The maximum absolute atomic E-state index is 11.3. The van der Waals surface area contributed by atoms with Gasteiger partial charge < -0.3 is 5.11 Å². The quantitative estimate of drug-likeness (QED) is 0.775. The van der Waals surface area contributed by atoms with Crippen LogP contribution in [0.15, 0.2) is 24.3 Å². The van der Waals surface area contributed by atoms with Crippen LogP contribution < -0.4 is 10.9 Å². The van der Waals surface area contributed by atoms with E-state index in [1.807, 2.05) is 12.1 Å². The SMILES string of the molecule is CC1NNC(C)C1c1ccc(C2(C(=O)O)CC2)cc1. The highest BCUT2D eigenvalue weighted by Crippen LogP contribution is 2.48. The third-order valence-electron chi connectivity index (χ3n) is 4.62. The lowest BCUT2D eigenvalue weighted by Crippen LogP contribution is -2.30. The predicted molar refractivity (Wildman–Crippen MR) is 72.9 cm³/mol. The van der Waals surface area contributed by atoms with Crippen molar-refractivity contribution in [2.45, 2.75) is 50.1 Å². The first-order valence-corrected chi connectivity index (χ1v) is 6.89. The molecule has 4 heteroatoms. The number of carbonyl (C=O) groups is 1. The third kappa shape index (κ3) is 1.95. The highest BCUT2D eigenvalue weighted by molar-refractivity contribution is 5.84. The summed E-state index contributed by atoms with van der Waals surface area (Å²) >= 11 is 0. The topological polar surface area (TPSA) is 61.4 Å². The Morgan fingerprint density at radius 1 is 1.16 bits per heavy atom. The Morgan fingerprint density at radius 2 is 1.68 bits per heavy atom. The van der Waals surface area contributed by atoms with Gasteiger partial charge in [-0.1, -0.05) is 24.3 Å². The van der Waals surface area contributed by atoms with E-state index in [4.69, 9.17) is 0 Å². The maximum Gasteiger partial charge on any atom is 0.314 e. The lowest BCUT2D eigenvalue weighted by Gasteiger charge is -2.19. The molecule has 0 bridgehead atoms. The Labute approximate surface area is 113 Å².